The summed E-state index contributed by atoms with van der Waals surface area (Å²) in [5.41, 5.74) is 2.88. The summed E-state index contributed by atoms with van der Waals surface area (Å²) in [6.45, 7) is 1.28. The van der Waals surface area contributed by atoms with Crippen molar-refractivity contribution in [3.05, 3.63) is 34.3 Å². The molecular formula is C10H10Cl2N2O3. The first kappa shape index (κ1) is 13.8. The highest BCUT2D eigenvalue weighted by molar-refractivity contribution is 6.32. The van der Waals surface area contributed by atoms with Crippen molar-refractivity contribution < 1.29 is 14.4 Å². The van der Waals surface area contributed by atoms with Crippen LogP contribution in [0.3, 0.4) is 0 Å². The molecule has 5 nitrogen and oxygen atoms in total. The van der Waals surface area contributed by atoms with E-state index < -0.39 is 5.91 Å². The molecule has 0 spiro atoms. The molecule has 7 heteroatoms. The lowest BCUT2D eigenvalue weighted by Crippen LogP contribution is -2.22. The van der Waals surface area contributed by atoms with Crippen LogP contribution >= 0.6 is 23.4 Å². The first-order valence-electron chi connectivity index (χ1n) is 4.63. The van der Waals surface area contributed by atoms with Crippen molar-refractivity contribution in [3.8, 4) is 0 Å². The lowest BCUT2D eigenvalue weighted by Gasteiger charge is -2.10. The van der Waals surface area contributed by atoms with E-state index in [0.29, 0.717) is 10.6 Å². The number of benzene rings is 1. The number of hydrogen-bond acceptors (Lipinski definition) is 3. The third-order valence-corrected chi connectivity index (χ3v) is 2.41. The minimum absolute atomic E-state index is 0.0289. The Balaban J connectivity index is 2.88. The Morgan fingerprint density at radius 3 is 2.71 bits per heavy atom. The zero-order chi connectivity index (χ0) is 12.8. The van der Waals surface area contributed by atoms with E-state index in [1.54, 1.807) is 18.2 Å². The van der Waals surface area contributed by atoms with Crippen molar-refractivity contribution in [2.75, 3.05) is 0 Å². The smallest absolute Gasteiger partial charge is 0.266 e. The van der Waals surface area contributed by atoms with Gasteiger partial charge in [-0.15, -0.1) is 0 Å². The molecule has 0 bridgehead atoms. The third kappa shape index (κ3) is 3.89. The quantitative estimate of drug-likeness (QED) is 0.651. The molecule has 0 fully saturated rings. The molecule has 0 saturated heterocycles. The maximum absolute atomic E-state index is 11.4. The van der Waals surface area contributed by atoms with E-state index in [0.717, 1.165) is 0 Å². The Morgan fingerprint density at radius 2 is 2.12 bits per heavy atom. The minimum atomic E-state index is -0.490. The van der Waals surface area contributed by atoms with Crippen LogP contribution in [0.15, 0.2) is 18.2 Å². The molecule has 0 aliphatic rings. The Labute approximate surface area is 108 Å². The number of halogens is 2. The Hall–Kier alpha value is -1.30. The lowest BCUT2D eigenvalue weighted by atomic mass is 10.1. The summed E-state index contributed by atoms with van der Waals surface area (Å²) in [7, 11) is 0. The predicted octanol–water partition coefficient (Wildman–Crippen LogP) is 1.79. The van der Waals surface area contributed by atoms with Gasteiger partial charge in [0.1, 0.15) is 6.61 Å². The number of nitrogens with one attached hydrogen (secondary N) is 2. The van der Waals surface area contributed by atoms with E-state index in [2.05, 4.69) is 5.48 Å². The van der Waals surface area contributed by atoms with Crippen LogP contribution in [0.4, 0.5) is 0 Å². The van der Waals surface area contributed by atoms with Gasteiger partial charge < -0.3 is 0 Å². The SMILES string of the molecule is CC(=O)NOCc1c(Cl)cccc1C(=O)NCl. The van der Waals surface area contributed by atoms with Crippen molar-refractivity contribution in [1.82, 2.24) is 10.3 Å². The third-order valence-electron chi connectivity index (χ3n) is 1.88. The van der Waals surface area contributed by atoms with Crippen molar-refractivity contribution in [3.63, 3.8) is 0 Å². The van der Waals surface area contributed by atoms with Crippen LogP contribution in [0.25, 0.3) is 0 Å². The summed E-state index contributed by atoms with van der Waals surface area (Å²) >= 11 is 11.2. The van der Waals surface area contributed by atoms with E-state index >= 15 is 0 Å². The van der Waals surface area contributed by atoms with Crippen LogP contribution in [0.2, 0.25) is 5.02 Å². The molecule has 1 rings (SSSR count). The summed E-state index contributed by atoms with van der Waals surface area (Å²) in [6.07, 6.45) is 0. The summed E-state index contributed by atoms with van der Waals surface area (Å²) in [5, 5.41) is 0.355. The highest BCUT2D eigenvalue weighted by Gasteiger charge is 2.13. The molecule has 2 N–H and O–H groups in total. The fraction of sp³-hybridized carbons (Fsp3) is 0.200. The summed E-state index contributed by atoms with van der Waals surface area (Å²) < 4.78 is 0. The Morgan fingerprint density at radius 1 is 1.41 bits per heavy atom. The van der Waals surface area contributed by atoms with E-state index in [1.165, 1.54) is 6.92 Å². The summed E-state index contributed by atoms with van der Waals surface area (Å²) in [6, 6.07) is 4.78. The van der Waals surface area contributed by atoms with Crippen molar-refractivity contribution in [1.29, 1.82) is 0 Å². The van der Waals surface area contributed by atoms with Gasteiger partial charge >= 0.3 is 0 Å². The van der Waals surface area contributed by atoms with Gasteiger partial charge in [0.25, 0.3) is 5.91 Å². The molecule has 0 radical (unpaired) electrons. The van der Waals surface area contributed by atoms with Crippen LogP contribution in [-0.2, 0) is 16.2 Å². The number of rotatable bonds is 4. The zero-order valence-corrected chi connectivity index (χ0v) is 10.4. The second kappa shape index (κ2) is 6.44. The molecule has 92 valence electrons. The van der Waals surface area contributed by atoms with Gasteiger partial charge in [-0.2, -0.15) is 0 Å². The van der Waals surface area contributed by atoms with Gasteiger partial charge in [0, 0.05) is 34.8 Å². The average molecular weight is 277 g/mol. The van der Waals surface area contributed by atoms with Gasteiger partial charge in [-0.3, -0.25) is 19.3 Å². The molecule has 2 amide bonds. The monoisotopic (exact) mass is 276 g/mol. The summed E-state index contributed by atoms with van der Waals surface area (Å²) in [5.74, 6) is -0.837. The predicted molar refractivity (Wildman–Crippen MR) is 63.4 cm³/mol. The van der Waals surface area contributed by atoms with Crippen molar-refractivity contribution in [2.45, 2.75) is 13.5 Å². The minimum Gasteiger partial charge on any atom is -0.273 e. The molecule has 0 aliphatic carbocycles. The molecule has 0 aliphatic heterocycles. The average Bonchev–Trinajstić information content (AvgIpc) is 2.29. The Bertz CT molecular complexity index is 438. The maximum Gasteiger partial charge on any atom is 0.266 e. The van der Waals surface area contributed by atoms with Gasteiger partial charge in [0.2, 0.25) is 5.91 Å². The first-order chi connectivity index (χ1) is 8.06. The molecule has 17 heavy (non-hydrogen) atoms. The second-order valence-electron chi connectivity index (χ2n) is 3.14. The largest absolute Gasteiger partial charge is 0.273 e. The number of hydrogen-bond donors (Lipinski definition) is 2. The molecule has 0 heterocycles. The standard InChI is InChI=1S/C10H10Cl2N2O3/c1-6(15)14-17-5-8-7(10(16)13-12)3-2-4-9(8)11/h2-4H,5H2,1H3,(H,13,16)(H,14,15). The van der Waals surface area contributed by atoms with Gasteiger partial charge in [0.15, 0.2) is 0 Å². The van der Waals surface area contributed by atoms with E-state index in [9.17, 15) is 9.59 Å². The lowest BCUT2D eigenvalue weighted by molar-refractivity contribution is -0.132. The van der Waals surface area contributed by atoms with Gasteiger partial charge in [-0.25, -0.2) is 5.48 Å². The molecule has 0 atom stereocenters. The molecule has 0 aromatic heterocycles. The normalized spacial score (nSPS) is 9.82. The van der Waals surface area contributed by atoms with E-state index in [1.807, 2.05) is 4.84 Å². The Kier molecular flexibility index (Phi) is 5.21. The zero-order valence-electron chi connectivity index (χ0n) is 8.92. The molecule has 1 aromatic carbocycles. The summed E-state index contributed by atoms with van der Waals surface area (Å²) in [4.78, 5) is 28.9. The van der Waals surface area contributed by atoms with Gasteiger partial charge in [0.05, 0.1) is 0 Å². The van der Waals surface area contributed by atoms with Crippen molar-refractivity contribution >= 4 is 35.2 Å². The number of carbonyl (C=O) groups excluding carboxylic acids is 2. The van der Waals surface area contributed by atoms with Crippen molar-refractivity contribution in [2.24, 2.45) is 0 Å². The molecule has 0 saturated carbocycles. The second-order valence-corrected chi connectivity index (χ2v) is 3.73. The van der Waals surface area contributed by atoms with E-state index in [-0.39, 0.29) is 18.1 Å². The van der Waals surface area contributed by atoms with Crippen LogP contribution in [0.1, 0.15) is 22.8 Å². The number of carbonyl (C=O) groups is 2. The van der Waals surface area contributed by atoms with Crippen LogP contribution < -0.4 is 10.3 Å². The maximum atomic E-state index is 11.4. The fourth-order valence-electron chi connectivity index (χ4n) is 1.18. The number of amides is 2. The van der Waals surface area contributed by atoms with Gasteiger partial charge in [-0.05, 0) is 12.1 Å². The molecular weight excluding hydrogens is 267 g/mol. The fourth-order valence-corrected chi connectivity index (χ4v) is 1.51. The van der Waals surface area contributed by atoms with Crippen LogP contribution in [0.5, 0.6) is 0 Å². The topological polar surface area (TPSA) is 67.4 Å². The molecule has 1 aromatic rings. The highest BCUT2D eigenvalue weighted by Crippen LogP contribution is 2.21. The van der Waals surface area contributed by atoms with Crippen LogP contribution in [0, 0.1) is 0 Å². The number of hydroxylamine groups is 1. The highest BCUT2D eigenvalue weighted by atomic mass is 35.5. The van der Waals surface area contributed by atoms with Crippen LogP contribution in [-0.4, -0.2) is 11.8 Å². The molecule has 0 unspecified atom stereocenters. The first-order valence-corrected chi connectivity index (χ1v) is 5.38. The van der Waals surface area contributed by atoms with Gasteiger partial charge in [-0.1, -0.05) is 17.7 Å². The van der Waals surface area contributed by atoms with E-state index in [4.69, 9.17) is 28.2 Å².